The fraction of sp³-hybridized carbons (Fsp3) is 0.500. The van der Waals surface area contributed by atoms with Crippen molar-refractivity contribution in [3.8, 4) is 0 Å². The number of hydrogen-bond acceptors (Lipinski definition) is 4. The molecule has 6 nitrogen and oxygen atoms in total. The van der Waals surface area contributed by atoms with Crippen LogP contribution in [0.1, 0.15) is 12.8 Å². The van der Waals surface area contributed by atoms with E-state index in [2.05, 4.69) is 26.0 Å². The van der Waals surface area contributed by atoms with Crippen LogP contribution in [-0.4, -0.2) is 51.9 Å². The predicted octanol–water partition coefficient (Wildman–Crippen LogP) is 1.36. The maximum atomic E-state index is 12.1. The molecule has 1 heterocycles. The third-order valence-corrected chi connectivity index (χ3v) is 5.74. The Kier molecular flexibility index (Phi) is 7.96. The first-order valence-corrected chi connectivity index (χ1v) is 9.39. The van der Waals surface area contributed by atoms with Crippen LogP contribution in [0.3, 0.4) is 0 Å². The van der Waals surface area contributed by atoms with Gasteiger partial charge in [-0.2, -0.15) is 0 Å². The number of amides is 1. The number of nitrogens with zero attached hydrogens (tertiary/aromatic N) is 1. The summed E-state index contributed by atoms with van der Waals surface area (Å²) in [5.41, 5.74) is 0. The zero-order valence-electron chi connectivity index (χ0n) is 12.8. The number of nitrogens with one attached hydrogen (secondary N) is 2. The van der Waals surface area contributed by atoms with E-state index in [1.807, 2.05) is 0 Å². The monoisotopic (exact) mass is 425 g/mol. The van der Waals surface area contributed by atoms with Crippen LogP contribution < -0.4 is 10.0 Å². The topological polar surface area (TPSA) is 78.5 Å². The van der Waals surface area contributed by atoms with Crippen LogP contribution in [0.15, 0.2) is 33.6 Å². The summed E-state index contributed by atoms with van der Waals surface area (Å²) >= 11 is 3.26. The normalized spacial score (nSPS) is 17.6. The average Bonchev–Trinajstić information content (AvgIpc) is 3.00. The number of carbonyl (C=O) groups excluding carboxylic acids is 1. The molecule has 1 aliphatic rings. The van der Waals surface area contributed by atoms with Gasteiger partial charge in [0.2, 0.25) is 15.9 Å². The van der Waals surface area contributed by atoms with Crippen LogP contribution in [0.4, 0.5) is 0 Å². The molecule has 1 atom stereocenters. The van der Waals surface area contributed by atoms with E-state index in [9.17, 15) is 13.2 Å². The van der Waals surface area contributed by atoms with Gasteiger partial charge in [0.1, 0.15) is 0 Å². The number of carbonyl (C=O) groups is 1. The molecule has 0 aliphatic carbocycles. The molecule has 9 heteroatoms. The molecule has 2 N–H and O–H groups in total. The lowest BCUT2D eigenvalue weighted by molar-refractivity contribution is -0.131. The highest BCUT2D eigenvalue weighted by molar-refractivity contribution is 9.10. The molecule has 0 bridgehead atoms. The summed E-state index contributed by atoms with van der Waals surface area (Å²) in [7, 11) is -1.80. The van der Waals surface area contributed by atoms with Gasteiger partial charge in [-0.1, -0.05) is 15.9 Å². The molecule has 1 aromatic rings. The lowest BCUT2D eigenvalue weighted by Crippen LogP contribution is -2.40. The van der Waals surface area contributed by atoms with Crippen molar-refractivity contribution in [2.75, 3.05) is 26.7 Å². The maximum absolute atomic E-state index is 12.1. The number of benzene rings is 1. The van der Waals surface area contributed by atoms with Crippen molar-refractivity contribution in [2.45, 2.75) is 23.8 Å². The van der Waals surface area contributed by atoms with Gasteiger partial charge in [0.15, 0.2) is 0 Å². The first-order chi connectivity index (χ1) is 10.4. The highest BCUT2D eigenvalue weighted by atomic mass is 79.9. The minimum atomic E-state index is -3.57. The van der Waals surface area contributed by atoms with Gasteiger partial charge in [0.05, 0.1) is 4.90 Å². The largest absolute Gasteiger partial charge is 0.341 e. The van der Waals surface area contributed by atoms with Crippen LogP contribution >= 0.6 is 28.3 Å². The number of sulfonamides is 1. The van der Waals surface area contributed by atoms with Crippen molar-refractivity contribution in [3.63, 3.8) is 0 Å². The van der Waals surface area contributed by atoms with E-state index in [0.29, 0.717) is 0 Å². The number of rotatable bonds is 6. The van der Waals surface area contributed by atoms with Gasteiger partial charge < -0.3 is 10.2 Å². The Morgan fingerprint density at radius 3 is 2.61 bits per heavy atom. The zero-order valence-corrected chi connectivity index (χ0v) is 16.0. The fourth-order valence-corrected chi connectivity index (χ4v) is 3.64. The second-order valence-corrected chi connectivity index (χ2v) is 7.94. The van der Waals surface area contributed by atoms with Gasteiger partial charge in [0, 0.05) is 37.1 Å². The molecule has 1 amide bonds. The Hall–Kier alpha value is -0.670. The van der Waals surface area contributed by atoms with Crippen LogP contribution in [-0.2, 0) is 14.8 Å². The molecule has 2 rings (SSSR count). The summed E-state index contributed by atoms with van der Waals surface area (Å²) in [5.74, 6) is -0.0489. The molecule has 1 aliphatic heterocycles. The minimum Gasteiger partial charge on any atom is -0.341 e. The summed E-state index contributed by atoms with van der Waals surface area (Å²) in [6, 6.07) is 6.58. The van der Waals surface area contributed by atoms with Crippen LogP contribution in [0.5, 0.6) is 0 Å². The van der Waals surface area contributed by atoms with E-state index in [1.54, 1.807) is 24.1 Å². The minimum absolute atomic E-state index is 0. The van der Waals surface area contributed by atoms with Crippen LogP contribution in [0.2, 0.25) is 0 Å². The summed E-state index contributed by atoms with van der Waals surface area (Å²) in [6.07, 6.45) is 1.09. The Morgan fingerprint density at radius 1 is 1.39 bits per heavy atom. The first-order valence-electron chi connectivity index (χ1n) is 7.12. The highest BCUT2D eigenvalue weighted by Crippen LogP contribution is 2.14. The zero-order chi connectivity index (χ0) is 16.2. The molecule has 0 aromatic heterocycles. The summed E-state index contributed by atoms with van der Waals surface area (Å²) in [6.45, 7) is 1.81. The second kappa shape index (κ2) is 8.98. The first kappa shape index (κ1) is 20.4. The summed E-state index contributed by atoms with van der Waals surface area (Å²) in [5, 5.41) is 3.21. The molecule has 0 radical (unpaired) electrons. The van der Waals surface area contributed by atoms with Crippen LogP contribution in [0, 0.1) is 0 Å². The molecule has 0 spiro atoms. The Morgan fingerprint density at radius 2 is 2.04 bits per heavy atom. The molecular formula is C14H21BrClN3O3S. The van der Waals surface area contributed by atoms with Crippen LogP contribution in [0.25, 0.3) is 0 Å². The quantitative estimate of drug-likeness (QED) is 0.720. The molecule has 1 aromatic carbocycles. The highest BCUT2D eigenvalue weighted by Gasteiger charge is 2.23. The van der Waals surface area contributed by atoms with Gasteiger partial charge in [-0.3, -0.25) is 4.79 Å². The van der Waals surface area contributed by atoms with Crippen molar-refractivity contribution in [1.82, 2.24) is 14.9 Å². The van der Waals surface area contributed by atoms with Gasteiger partial charge in [-0.25, -0.2) is 13.1 Å². The summed E-state index contributed by atoms with van der Waals surface area (Å²) in [4.78, 5) is 13.9. The molecule has 23 heavy (non-hydrogen) atoms. The van der Waals surface area contributed by atoms with Crippen molar-refractivity contribution < 1.29 is 13.2 Å². The van der Waals surface area contributed by atoms with Gasteiger partial charge >= 0.3 is 0 Å². The van der Waals surface area contributed by atoms with E-state index in [1.165, 1.54) is 12.1 Å². The smallest absolute Gasteiger partial charge is 0.240 e. The van der Waals surface area contributed by atoms with E-state index in [-0.39, 0.29) is 42.2 Å². The maximum Gasteiger partial charge on any atom is 0.240 e. The number of halogens is 2. The fourth-order valence-electron chi connectivity index (χ4n) is 2.34. The van der Waals surface area contributed by atoms with Gasteiger partial charge in [-0.15, -0.1) is 12.4 Å². The van der Waals surface area contributed by atoms with E-state index in [0.717, 1.165) is 24.0 Å². The molecule has 1 fully saturated rings. The van der Waals surface area contributed by atoms with Crippen molar-refractivity contribution in [3.05, 3.63) is 28.7 Å². The SMILES string of the molecule is CN(C(=O)CCNS(=O)(=O)c1ccc(Br)cc1)C1CCNC1.Cl. The van der Waals surface area contributed by atoms with Gasteiger partial charge in [-0.05, 0) is 37.2 Å². The lowest BCUT2D eigenvalue weighted by atomic mass is 10.2. The van der Waals surface area contributed by atoms with E-state index >= 15 is 0 Å². The van der Waals surface area contributed by atoms with Crippen molar-refractivity contribution in [2.24, 2.45) is 0 Å². The molecule has 130 valence electrons. The average molecular weight is 427 g/mol. The van der Waals surface area contributed by atoms with E-state index < -0.39 is 10.0 Å². The van der Waals surface area contributed by atoms with E-state index in [4.69, 9.17) is 0 Å². The lowest BCUT2D eigenvalue weighted by Gasteiger charge is -2.23. The van der Waals surface area contributed by atoms with Crippen molar-refractivity contribution in [1.29, 1.82) is 0 Å². The standard InChI is InChI=1S/C14H20BrN3O3S.ClH/c1-18(12-6-8-16-10-12)14(19)7-9-17-22(20,21)13-4-2-11(15)3-5-13;/h2-5,12,16-17H,6-10H2,1H3;1H. The molecule has 0 saturated carbocycles. The third kappa shape index (κ3) is 5.72. The molecular weight excluding hydrogens is 406 g/mol. The Bertz CT molecular complexity index is 619. The third-order valence-electron chi connectivity index (χ3n) is 3.73. The number of hydrogen-bond donors (Lipinski definition) is 2. The summed E-state index contributed by atoms with van der Waals surface area (Å²) < 4.78 is 27.5. The second-order valence-electron chi connectivity index (χ2n) is 5.25. The molecule has 1 unspecified atom stereocenters. The Balaban J connectivity index is 0.00000264. The molecule has 1 saturated heterocycles. The predicted molar refractivity (Wildman–Crippen MR) is 95.2 cm³/mol. The van der Waals surface area contributed by atoms with Gasteiger partial charge in [0.25, 0.3) is 0 Å². The Labute approximate surface area is 151 Å². The number of likely N-dealkylation sites (N-methyl/N-ethyl adjacent to an activating group) is 1. The van der Waals surface area contributed by atoms with Crippen molar-refractivity contribution >= 4 is 44.3 Å².